The second-order valence-corrected chi connectivity index (χ2v) is 12.0. The molecule has 0 radical (unpaired) electrons. The van der Waals surface area contributed by atoms with Crippen LogP contribution < -0.4 is 10.4 Å². The molecule has 0 unspecified atom stereocenters. The van der Waals surface area contributed by atoms with Crippen molar-refractivity contribution in [1.29, 1.82) is 0 Å². The molecule has 3 nitrogen and oxygen atoms in total. The van der Waals surface area contributed by atoms with Crippen LogP contribution in [0.2, 0.25) is 6.04 Å². The van der Waals surface area contributed by atoms with E-state index in [2.05, 4.69) is 15.1 Å². The Morgan fingerprint density at radius 2 is 1.74 bits per heavy atom. The Morgan fingerprint density at radius 1 is 1.07 bits per heavy atom. The summed E-state index contributed by atoms with van der Waals surface area (Å²) in [6.07, 6.45) is 0.859. The maximum absolute atomic E-state index is 5.48. The Bertz CT molecular complexity index is 874. The average Bonchev–Trinajstić information content (AvgIpc) is 2.72. The van der Waals surface area contributed by atoms with Gasteiger partial charge < -0.3 is 13.3 Å². The van der Waals surface area contributed by atoms with Crippen LogP contribution in [0, 0.1) is 0 Å². The van der Waals surface area contributed by atoms with Gasteiger partial charge in [0.25, 0.3) is 0 Å². The molecule has 0 spiro atoms. The van der Waals surface area contributed by atoms with Crippen molar-refractivity contribution in [3.05, 3.63) is 34.2 Å². The minimum atomic E-state index is -2.54. The number of rotatable bonds is 9. The molecule has 27 heavy (non-hydrogen) atoms. The first-order valence-electron chi connectivity index (χ1n) is 7.65. The van der Waals surface area contributed by atoms with Crippen LogP contribution in [0.25, 0.3) is 4.91 Å². The Balaban J connectivity index is 2.76. The molecule has 0 fully saturated rings. The van der Waals surface area contributed by atoms with E-state index in [1.165, 1.54) is 11.8 Å². The molecule has 0 heterocycles. The molecule has 0 aliphatic carbocycles. The third-order valence-electron chi connectivity index (χ3n) is 3.58. The van der Waals surface area contributed by atoms with Crippen molar-refractivity contribution in [3.8, 4) is 0 Å². The van der Waals surface area contributed by atoms with Crippen LogP contribution in [-0.2, 0) is 13.3 Å². The standard InChI is InChI=1S/C17H18O3S6Si/c1-18-27(19-2,20-3)9-5-8-25-17(24)26-16(12-23)14-7-4-6-13(10-21)15(14)11-22/h4,6-7H,5,8-9H2,1-3H3. The molecule has 0 saturated heterocycles. The number of benzene rings is 1. The van der Waals surface area contributed by atoms with Crippen molar-refractivity contribution in [1.82, 2.24) is 0 Å². The number of thioether (sulfide) groups is 2. The smallest absolute Gasteiger partial charge is 0.377 e. The van der Waals surface area contributed by atoms with E-state index in [9.17, 15) is 0 Å². The van der Waals surface area contributed by atoms with Crippen molar-refractivity contribution in [2.24, 2.45) is 0 Å². The predicted octanol–water partition coefficient (Wildman–Crippen LogP) is 3.19. The quantitative estimate of drug-likeness (QED) is 0.294. The summed E-state index contributed by atoms with van der Waals surface area (Å²) < 4.78 is 17.0. The second-order valence-electron chi connectivity index (χ2n) is 4.96. The van der Waals surface area contributed by atoms with Gasteiger partial charge in [-0.1, -0.05) is 36.1 Å². The van der Waals surface area contributed by atoms with Gasteiger partial charge >= 0.3 is 8.80 Å². The minimum Gasteiger partial charge on any atom is -0.377 e. The lowest BCUT2D eigenvalue weighted by Crippen LogP contribution is -2.42. The van der Waals surface area contributed by atoms with Crippen LogP contribution in [0.3, 0.4) is 0 Å². The lowest BCUT2D eigenvalue weighted by Gasteiger charge is -2.24. The number of hydrogen-bond acceptors (Lipinski definition) is 9. The summed E-state index contributed by atoms with van der Waals surface area (Å²) in [7, 11) is 2.29. The summed E-state index contributed by atoms with van der Waals surface area (Å²) in [5.41, 5.74) is 0.812. The zero-order chi connectivity index (χ0) is 20.3. The molecule has 0 amide bonds. The van der Waals surface area contributed by atoms with Gasteiger partial charge in [-0.2, -0.15) is 0 Å². The first-order valence-corrected chi connectivity index (χ1v) is 13.0. The van der Waals surface area contributed by atoms with Crippen molar-refractivity contribution >= 4 is 105 Å². The molecule has 0 aromatic heterocycles. The van der Waals surface area contributed by atoms with E-state index < -0.39 is 8.80 Å². The van der Waals surface area contributed by atoms with Gasteiger partial charge in [0.1, 0.15) is 3.53 Å². The highest BCUT2D eigenvalue weighted by molar-refractivity contribution is 8.50. The fourth-order valence-electron chi connectivity index (χ4n) is 2.18. The molecule has 0 saturated carbocycles. The summed E-state index contributed by atoms with van der Waals surface area (Å²) in [5.74, 6) is 0.821. The third-order valence-corrected chi connectivity index (χ3v) is 9.80. The summed E-state index contributed by atoms with van der Waals surface area (Å²) in [5, 5.41) is 9.60. The largest absolute Gasteiger partial charge is 0.500 e. The molecule has 1 rings (SSSR count). The molecule has 0 N–H and O–H groups in total. The van der Waals surface area contributed by atoms with Gasteiger partial charge in [0, 0.05) is 38.2 Å². The lowest BCUT2D eigenvalue weighted by molar-refractivity contribution is 0.123. The molecular weight excluding hydrogens is 473 g/mol. The first-order chi connectivity index (χ1) is 13.0. The second kappa shape index (κ2) is 13.2. The van der Waals surface area contributed by atoms with E-state index >= 15 is 0 Å². The van der Waals surface area contributed by atoms with E-state index in [1.807, 2.05) is 18.2 Å². The number of hydrogen-bond donors (Lipinski definition) is 0. The normalized spacial score (nSPS) is 10.6. The summed E-state index contributed by atoms with van der Waals surface area (Å²) in [4.78, 5) is 0.719. The Kier molecular flexibility index (Phi) is 12.3. The van der Waals surface area contributed by atoms with Crippen molar-refractivity contribution < 1.29 is 13.3 Å². The van der Waals surface area contributed by atoms with Gasteiger partial charge in [0.15, 0.2) is 0 Å². The first kappa shape index (κ1) is 25.0. The van der Waals surface area contributed by atoms with Crippen molar-refractivity contribution in [3.63, 3.8) is 0 Å². The van der Waals surface area contributed by atoms with Gasteiger partial charge in [0.05, 0.1) is 10.1 Å². The topological polar surface area (TPSA) is 27.7 Å². The molecule has 144 valence electrons. The van der Waals surface area contributed by atoms with Gasteiger partial charge in [-0.3, -0.25) is 0 Å². The highest BCUT2D eigenvalue weighted by Crippen LogP contribution is 2.30. The van der Waals surface area contributed by atoms with Crippen LogP contribution in [-0.4, -0.2) is 54.5 Å². The van der Waals surface area contributed by atoms with Crippen LogP contribution in [0.1, 0.15) is 12.0 Å². The van der Waals surface area contributed by atoms with Crippen LogP contribution >= 0.6 is 72.4 Å². The van der Waals surface area contributed by atoms with E-state index in [-0.39, 0.29) is 0 Å². The van der Waals surface area contributed by atoms with Gasteiger partial charge in [-0.05, 0) is 70.0 Å². The minimum absolute atomic E-state index is 0.686. The van der Waals surface area contributed by atoms with Gasteiger partial charge in [-0.15, -0.1) is 11.8 Å². The third kappa shape index (κ3) is 7.38. The lowest BCUT2D eigenvalue weighted by atomic mass is 10.1. The monoisotopic (exact) mass is 490 g/mol. The van der Waals surface area contributed by atoms with Crippen LogP contribution in [0.15, 0.2) is 18.2 Å². The van der Waals surface area contributed by atoms with Gasteiger partial charge in [0.2, 0.25) is 0 Å². The van der Waals surface area contributed by atoms with Crippen LogP contribution in [0.4, 0.5) is 0 Å². The molecule has 1 aromatic carbocycles. The van der Waals surface area contributed by atoms with Crippen molar-refractivity contribution in [2.75, 3.05) is 27.1 Å². The summed E-state index contributed by atoms with van der Waals surface area (Å²) >= 11 is 23.4. The van der Waals surface area contributed by atoms with E-state index in [0.29, 0.717) is 10.4 Å². The SMILES string of the molecule is CO[Si](CCCSC(=S)SC(=C=S)c1cccc(=C=S)c1=C=S)(OC)OC. The van der Waals surface area contributed by atoms with Crippen molar-refractivity contribution in [2.45, 2.75) is 12.5 Å². The Morgan fingerprint density at radius 3 is 2.26 bits per heavy atom. The van der Waals surface area contributed by atoms with E-state index in [0.717, 1.165) is 32.2 Å². The zero-order valence-electron chi connectivity index (χ0n) is 15.0. The Hall–Kier alpha value is -0.0231. The van der Waals surface area contributed by atoms with E-state index in [1.54, 1.807) is 33.1 Å². The average molecular weight is 491 g/mol. The fraction of sp³-hybridized carbons (Fsp3) is 0.353. The molecule has 0 aliphatic heterocycles. The maximum Gasteiger partial charge on any atom is 0.500 e. The van der Waals surface area contributed by atoms with E-state index in [4.69, 9.17) is 62.1 Å². The molecule has 10 heteroatoms. The molecular formula is C17H18O3S6Si. The van der Waals surface area contributed by atoms with Gasteiger partial charge in [-0.25, -0.2) is 0 Å². The predicted molar refractivity (Wildman–Crippen MR) is 134 cm³/mol. The summed E-state index contributed by atoms with van der Waals surface area (Å²) in [6, 6.07) is 6.33. The maximum atomic E-state index is 5.48. The molecule has 1 aromatic rings. The highest BCUT2D eigenvalue weighted by Gasteiger charge is 2.36. The summed E-state index contributed by atoms with van der Waals surface area (Å²) in [6.45, 7) is 0. The highest BCUT2D eigenvalue weighted by atomic mass is 32.2. The molecule has 0 atom stereocenters. The zero-order valence-corrected chi connectivity index (χ0v) is 20.9. The molecule has 0 bridgehead atoms. The number of thiocarbonyl (C=S) groups is 4. The Labute approximate surface area is 190 Å². The molecule has 0 aliphatic rings. The van der Waals surface area contributed by atoms with Crippen LogP contribution in [0.5, 0.6) is 0 Å². The fourth-order valence-corrected chi connectivity index (χ4v) is 6.96.